The van der Waals surface area contributed by atoms with Crippen molar-refractivity contribution in [1.82, 2.24) is 15.0 Å². The molecule has 2 heterocycles. The first-order chi connectivity index (χ1) is 14.2. The van der Waals surface area contributed by atoms with Crippen molar-refractivity contribution >= 4 is 39.9 Å². The van der Waals surface area contributed by atoms with Crippen LogP contribution in [0.5, 0.6) is 5.75 Å². The van der Waals surface area contributed by atoms with Crippen molar-refractivity contribution in [2.24, 2.45) is 0 Å². The number of nitro groups is 1. The standard InChI is InChI=1S/C20H15N5O3S/c1-28-15-8-3-7-14(11-15)24-19-18(25(26)27)20(23-12-22-19)29-16-9-2-5-13-6-4-10-21-17(13)16/h2-12H,1H3,(H,22,23,24). The summed E-state index contributed by atoms with van der Waals surface area (Å²) >= 11 is 1.18. The van der Waals surface area contributed by atoms with Gasteiger partial charge >= 0.3 is 5.69 Å². The fourth-order valence-electron chi connectivity index (χ4n) is 2.79. The Labute approximate surface area is 170 Å². The largest absolute Gasteiger partial charge is 0.497 e. The number of benzene rings is 2. The third kappa shape index (κ3) is 3.94. The van der Waals surface area contributed by atoms with E-state index >= 15 is 0 Å². The van der Waals surface area contributed by atoms with Crippen molar-refractivity contribution in [3.63, 3.8) is 0 Å². The van der Waals surface area contributed by atoms with Gasteiger partial charge in [-0.25, -0.2) is 9.97 Å². The molecule has 144 valence electrons. The van der Waals surface area contributed by atoms with Crippen molar-refractivity contribution in [2.45, 2.75) is 9.92 Å². The van der Waals surface area contributed by atoms with Gasteiger partial charge in [-0.15, -0.1) is 0 Å². The molecule has 0 aliphatic heterocycles. The van der Waals surface area contributed by atoms with Gasteiger partial charge in [0.1, 0.15) is 12.1 Å². The van der Waals surface area contributed by atoms with E-state index in [-0.39, 0.29) is 16.5 Å². The fourth-order valence-corrected chi connectivity index (χ4v) is 3.78. The first-order valence-electron chi connectivity index (χ1n) is 8.58. The number of ether oxygens (including phenoxy) is 1. The Bertz CT molecular complexity index is 1200. The second-order valence-electron chi connectivity index (χ2n) is 5.92. The third-order valence-electron chi connectivity index (χ3n) is 4.11. The van der Waals surface area contributed by atoms with E-state index in [1.807, 2.05) is 30.3 Å². The Morgan fingerprint density at radius 2 is 1.90 bits per heavy atom. The summed E-state index contributed by atoms with van der Waals surface area (Å²) in [5.41, 5.74) is 1.18. The van der Waals surface area contributed by atoms with Crippen molar-refractivity contribution in [3.05, 3.63) is 77.2 Å². The monoisotopic (exact) mass is 405 g/mol. The van der Waals surface area contributed by atoms with Crippen molar-refractivity contribution in [2.75, 3.05) is 12.4 Å². The molecular formula is C20H15N5O3S. The van der Waals surface area contributed by atoms with Crippen LogP contribution in [0.4, 0.5) is 17.2 Å². The van der Waals surface area contributed by atoms with Crippen LogP contribution in [0.15, 0.2) is 77.0 Å². The van der Waals surface area contributed by atoms with E-state index in [1.54, 1.807) is 37.6 Å². The second kappa shape index (κ2) is 8.11. The minimum atomic E-state index is -0.483. The lowest BCUT2D eigenvalue weighted by Crippen LogP contribution is -2.03. The van der Waals surface area contributed by atoms with Gasteiger partial charge in [0.2, 0.25) is 5.82 Å². The quantitative estimate of drug-likeness (QED) is 0.276. The molecule has 0 aliphatic rings. The summed E-state index contributed by atoms with van der Waals surface area (Å²) in [6.07, 6.45) is 2.99. The Hall–Kier alpha value is -3.72. The van der Waals surface area contributed by atoms with Crippen LogP contribution >= 0.6 is 11.8 Å². The highest BCUT2D eigenvalue weighted by Crippen LogP contribution is 2.39. The zero-order valence-corrected chi connectivity index (χ0v) is 16.1. The van der Waals surface area contributed by atoms with E-state index < -0.39 is 4.92 Å². The molecule has 8 nitrogen and oxygen atoms in total. The summed E-state index contributed by atoms with van der Waals surface area (Å²) in [5.74, 6) is 0.733. The molecule has 4 aromatic rings. The molecule has 0 spiro atoms. The highest BCUT2D eigenvalue weighted by atomic mass is 32.2. The highest BCUT2D eigenvalue weighted by Gasteiger charge is 2.24. The molecular weight excluding hydrogens is 390 g/mol. The molecule has 0 saturated heterocycles. The molecule has 4 rings (SSSR count). The van der Waals surface area contributed by atoms with Gasteiger partial charge in [-0.3, -0.25) is 15.1 Å². The number of nitrogens with zero attached hydrogens (tertiary/aromatic N) is 4. The van der Waals surface area contributed by atoms with Crippen molar-refractivity contribution in [3.8, 4) is 5.75 Å². The molecule has 9 heteroatoms. The minimum absolute atomic E-state index is 0.106. The molecule has 1 N–H and O–H groups in total. The van der Waals surface area contributed by atoms with Crippen LogP contribution in [0.3, 0.4) is 0 Å². The van der Waals surface area contributed by atoms with Crippen LogP contribution in [0.2, 0.25) is 0 Å². The maximum atomic E-state index is 11.8. The normalized spacial score (nSPS) is 10.7. The SMILES string of the molecule is COc1cccc(Nc2ncnc(Sc3cccc4cccnc34)c2[N+](=O)[O-])c1. The molecule has 0 atom stereocenters. The summed E-state index contributed by atoms with van der Waals surface area (Å²) < 4.78 is 5.20. The van der Waals surface area contributed by atoms with E-state index in [0.29, 0.717) is 11.4 Å². The molecule has 0 saturated carbocycles. The number of methoxy groups -OCH3 is 1. The van der Waals surface area contributed by atoms with Crippen LogP contribution in [0.25, 0.3) is 10.9 Å². The minimum Gasteiger partial charge on any atom is -0.497 e. The highest BCUT2D eigenvalue weighted by molar-refractivity contribution is 7.99. The maximum absolute atomic E-state index is 11.8. The predicted octanol–water partition coefficient (Wildman–Crippen LogP) is 4.84. The van der Waals surface area contributed by atoms with Gasteiger partial charge in [0.25, 0.3) is 0 Å². The van der Waals surface area contributed by atoms with Gasteiger partial charge in [-0.1, -0.05) is 36.0 Å². The van der Waals surface area contributed by atoms with E-state index in [9.17, 15) is 10.1 Å². The first-order valence-corrected chi connectivity index (χ1v) is 9.39. The lowest BCUT2D eigenvalue weighted by Gasteiger charge is -2.10. The summed E-state index contributed by atoms with van der Waals surface area (Å²) in [7, 11) is 1.55. The number of aromatic nitrogens is 3. The zero-order chi connectivity index (χ0) is 20.2. The lowest BCUT2D eigenvalue weighted by molar-refractivity contribution is -0.387. The van der Waals surface area contributed by atoms with Gasteiger partial charge in [0.15, 0.2) is 5.03 Å². The number of pyridine rings is 1. The summed E-state index contributed by atoms with van der Waals surface area (Å²) in [6.45, 7) is 0. The average Bonchev–Trinajstić information content (AvgIpc) is 2.74. The van der Waals surface area contributed by atoms with Crippen molar-refractivity contribution in [1.29, 1.82) is 0 Å². The number of anilines is 2. The van der Waals surface area contributed by atoms with Gasteiger partial charge in [0, 0.05) is 28.2 Å². The number of nitrogens with one attached hydrogen (secondary N) is 1. The molecule has 2 aromatic heterocycles. The van der Waals surface area contributed by atoms with Crippen LogP contribution in [0, 0.1) is 10.1 Å². The number of hydrogen-bond acceptors (Lipinski definition) is 8. The summed E-state index contributed by atoms with van der Waals surface area (Å²) in [4.78, 5) is 24.8. The summed E-state index contributed by atoms with van der Waals surface area (Å²) in [5, 5.41) is 16.0. The van der Waals surface area contributed by atoms with Gasteiger partial charge in [-0.2, -0.15) is 0 Å². The van der Waals surface area contributed by atoms with E-state index in [2.05, 4.69) is 20.3 Å². The molecule has 0 bridgehead atoms. The van der Waals surface area contributed by atoms with Crippen LogP contribution in [0.1, 0.15) is 0 Å². The summed E-state index contributed by atoms with van der Waals surface area (Å²) in [6, 6.07) is 16.5. The molecule has 0 aliphatic carbocycles. The Kier molecular flexibility index (Phi) is 5.21. The van der Waals surface area contributed by atoms with E-state index in [4.69, 9.17) is 4.74 Å². The first kappa shape index (κ1) is 18.6. The van der Waals surface area contributed by atoms with Crippen LogP contribution < -0.4 is 10.1 Å². The van der Waals surface area contributed by atoms with Crippen LogP contribution in [-0.4, -0.2) is 27.0 Å². The second-order valence-corrected chi connectivity index (χ2v) is 6.95. The topological polar surface area (TPSA) is 103 Å². The van der Waals surface area contributed by atoms with E-state index in [0.717, 1.165) is 15.8 Å². The predicted molar refractivity (Wildman–Crippen MR) is 111 cm³/mol. The maximum Gasteiger partial charge on any atom is 0.343 e. The van der Waals surface area contributed by atoms with Gasteiger partial charge in [0.05, 0.1) is 17.5 Å². The fraction of sp³-hybridized carbons (Fsp3) is 0.0500. The number of hydrogen-bond donors (Lipinski definition) is 1. The smallest absolute Gasteiger partial charge is 0.343 e. The molecule has 2 aromatic carbocycles. The van der Waals surface area contributed by atoms with Gasteiger partial charge in [-0.05, 0) is 24.3 Å². The molecule has 29 heavy (non-hydrogen) atoms. The number of fused-ring (bicyclic) bond motifs is 1. The third-order valence-corrected chi connectivity index (χ3v) is 5.15. The van der Waals surface area contributed by atoms with Crippen LogP contribution in [-0.2, 0) is 0 Å². The molecule has 0 radical (unpaired) electrons. The Balaban J connectivity index is 1.74. The lowest BCUT2D eigenvalue weighted by atomic mass is 10.2. The molecule has 0 amide bonds. The number of rotatable bonds is 6. The average molecular weight is 405 g/mol. The Morgan fingerprint density at radius 3 is 2.72 bits per heavy atom. The zero-order valence-electron chi connectivity index (χ0n) is 15.3. The van der Waals surface area contributed by atoms with Gasteiger partial charge < -0.3 is 10.1 Å². The van der Waals surface area contributed by atoms with E-state index in [1.165, 1.54) is 18.1 Å². The molecule has 0 fully saturated rings. The number of para-hydroxylation sites is 1. The van der Waals surface area contributed by atoms with Crippen molar-refractivity contribution < 1.29 is 9.66 Å². The Morgan fingerprint density at radius 1 is 1.07 bits per heavy atom. The molecule has 0 unspecified atom stereocenters.